The molecule has 1 aromatic heterocycles. The van der Waals surface area contributed by atoms with E-state index in [0.717, 1.165) is 6.42 Å². The predicted molar refractivity (Wildman–Crippen MR) is 67.0 cm³/mol. The molecule has 1 heterocycles. The highest BCUT2D eigenvalue weighted by molar-refractivity contribution is 6.30. The smallest absolute Gasteiger partial charge is 0.242 e. The van der Waals surface area contributed by atoms with E-state index in [1.165, 1.54) is 6.20 Å². The molecule has 1 aromatic rings. The van der Waals surface area contributed by atoms with E-state index in [2.05, 4.69) is 10.3 Å². The van der Waals surface area contributed by atoms with Gasteiger partial charge in [0.2, 0.25) is 5.91 Å². The Morgan fingerprint density at radius 1 is 1.71 bits per heavy atom. The third-order valence-corrected chi connectivity index (χ3v) is 2.41. The van der Waals surface area contributed by atoms with Gasteiger partial charge in [0, 0.05) is 24.9 Å². The van der Waals surface area contributed by atoms with Gasteiger partial charge in [0.15, 0.2) is 0 Å². The van der Waals surface area contributed by atoms with E-state index in [9.17, 15) is 4.79 Å². The number of hydrogen-bond donors (Lipinski definition) is 2. The highest BCUT2D eigenvalue weighted by Gasteiger charge is 2.13. The summed E-state index contributed by atoms with van der Waals surface area (Å²) in [5.41, 5.74) is 5.72. The molecule has 0 radical (unpaired) electrons. The Balaban J connectivity index is 2.43. The lowest BCUT2D eigenvalue weighted by atomic mass is 10.1. The second kappa shape index (κ2) is 7.21. The number of nitrogens with one attached hydrogen (secondary N) is 1. The maximum Gasteiger partial charge on any atom is 0.242 e. The number of pyridine rings is 1. The van der Waals surface area contributed by atoms with Crippen LogP contribution in [0.5, 0.6) is 0 Å². The number of carbonyl (C=O) groups is 1. The van der Waals surface area contributed by atoms with Gasteiger partial charge in [-0.05, 0) is 25.0 Å². The predicted octanol–water partition coefficient (Wildman–Crippen LogP) is 1.43. The number of hydrogen-bond acceptors (Lipinski definition) is 4. The van der Waals surface area contributed by atoms with Crippen molar-refractivity contribution in [3.05, 3.63) is 23.4 Å². The normalized spacial score (nSPS) is 12.2. The second-order valence-electron chi connectivity index (χ2n) is 3.59. The topological polar surface area (TPSA) is 77.2 Å². The summed E-state index contributed by atoms with van der Waals surface area (Å²) in [6.45, 7) is 0.594. The van der Waals surface area contributed by atoms with Crippen LogP contribution in [0.25, 0.3) is 0 Å². The molecule has 5 nitrogen and oxygen atoms in total. The number of methoxy groups -OCH3 is 1. The van der Waals surface area contributed by atoms with Gasteiger partial charge in [-0.3, -0.25) is 4.79 Å². The SMILES string of the molecule is COCCCC(N)C(=O)Nc1cc(Cl)ccn1. The molecule has 0 fully saturated rings. The van der Waals surface area contributed by atoms with Crippen molar-refractivity contribution in [3.8, 4) is 0 Å². The molecule has 0 aliphatic rings. The monoisotopic (exact) mass is 257 g/mol. The highest BCUT2D eigenvalue weighted by atomic mass is 35.5. The summed E-state index contributed by atoms with van der Waals surface area (Å²) in [5.74, 6) is 0.139. The number of aromatic nitrogens is 1. The Labute approximate surface area is 105 Å². The van der Waals surface area contributed by atoms with Crippen LogP contribution < -0.4 is 11.1 Å². The standard InChI is InChI=1S/C11H16ClN3O2/c1-17-6-2-3-9(13)11(16)15-10-7-8(12)4-5-14-10/h4-5,7,9H,2-3,6,13H2,1H3,(H,14,15,16). The zero-order valence-electron chi connectivity index (χ0n) is 9.65. The molecule has 0 bridgehead atoms. The van der Waals surface area contributed by atoms with E-state index < -0.39 is 6.04 Å². The average molecular weight is 258 g/mol. The Hall–Kier alpha value is -1.17. The molecule has 3 N–H and O–H groups in total. The number of amides is 1. The first-order valence-corrected chi connectivity index (χ1v) is 5.68. The molecule has 0 aliphatic heterocycles. The maximum absolute atomic E-state index is 11.7. The van der Waals surface area contributed by atoms with Gasteiger partial charge in [-0.2, -0.15) is 0 Å². The number of rotatable bonds is 6. The summed E-state index contributed by atoms with van der Waals surface area (Å²) in [7, 11) is 1.61. The van der Waals surface area contributed by atoms with Crippen LogP contribution in [0, 0.1) is 0 Å². The molecule has 1 unspecified atom stereocenters. The number of ether oxygens (including phenoxy) is 1. The number of halogens is 1. The molecular weight excluding hydrogens is 242 g/mol. The van der Waals surface area contributed by atoms with Gasteiger partial charge < -0.3 is 15.8 Å². The first kappa shape index (κ1) is 13.9. The van der Waals surface area contributed by atoms with Crippen LogP contribution in [0.2, 0.25) is 5.02 Å². The molecule has 0 saturated carbocycles. The first-order valence-electron chi connectivity index (χ1n) is 5.30. The quantitative estimate of drug-likeness (QED) is 0.756. The van der Waals surface area contributed by atoms with Crippen LogP contribution in [0.15, 0.2) is 18.3 Å². The Bertz CT molecular complexity index is 373. The van der Waals surface area contributed by atoms with E-state index in [0.29, 0.717) is 23.9 Å². The molecule has 1 rings (SSSR count). The van der Waals surface area contributed by atoms with Gasteiger partial charge in [0.25, 0.3) is 0 Å². The minimum absolute atomic E-state index is 0.268. The number of nitrogens with two attached hydrogens (primary N) is 1. The van der Waals surface area contributed by atoms with Crippen molar-refractivity contribution in [2.45, 2.75) is 18.9 Å². The third-order valence-electron chi connectivity index (χ3n) is 2.17. The van der Waals surface area contributed by atoms with Crippen molar-refractivity contribution in [1.82, 2.24) is 4.98 Å². The summed E-state index contributed by atoms with van der Waals surface area (Å²) in [4.78, 5) is 15.6. The average Bonchev–Trinajstić information content (AvgIpc) is 2.29. The third kappa shape index (κ3) is 5.12. The van der Waals surface area contributed by atoms with Gasteiger partial charge in [0.1, 0.15) is 5.82 Å². The molecule has 0 aliphatic carbocycles. The lowest BCUT2D eigenvalue weighted by Gasteiger charge is -2.11. The number of anilines is 1. The van der Waals surface area contributed by atoms with Crippen LogP contribution in [0.4, 0.5) is 5.82 Å². The molecule has 1 amide bonds. The van der Waals surface area contributed by atoms with Gasteiger partial charge in [-0.15, -0.1) is 0 Å². The largest absolute Gasteiger partial charge is 0.385 e. The zero-order valence-corrected chi connectivity index (χ0v) is 10.4. The van der Waals surface area contributed by atoms with E-state index >= 15 is 0 Å². The fourth-order valence-corrected chi connectivity index (χ4v) is 1.43. The van der Waals surface area contributed by atoms with Crippen molar-refractivity contribution in [3.63, 3.8) is 0 Å². The summed E-state index contributed by atoms with van der Waals surface area (Å²) in [6.07, 6.45) is 2.84. The van der Waals surface area contributed by atoms with Crippen LogP contribution in [-0.2, 0) is 9.53 Å². The summed E-state index contributed by atoms with van der Waals surface area (Å²) in [5, 5.41) is 3.13. The van der Waals surface area contributed by atoms with E-state index in [-0.39, 0.29) is 5.91 Å². The van der Waals surface area contributed by atoms with Crippen LogP contribution in [0.1, 0.15) is 12.8 Å². The van der Waals surface area contributed by atoms with Crippen molar-refractivity contribution in [2.75, 3.05) is 19.0 Å². The van der Waals surface area contributed by atoms with Crippen LogP contribution >= 0.6 is 11.6 Å². The van der Waals surface area contributed by atoms with Gasteiger partial charge in [0.05, 0.1) is 6.04 Å². The number of carbonyl (C=O) groups excluding carboxylic acids is 1. The molecule has 17 heavy (non-hydrogen) atoms. The van der Waals surface area contributed by atoms with E-state index in [1.54, 1.807) is 19.2 Å². The van der Waals surface area contributed by atoms with Gasteiger partial charge >= 0.3 is 0 Å². The Morgan fingerprint density at radius 3 is 3.12 bits per heavy atom. The minimum atomic E-state index is -0.564. The Morgan fingerprint density at radius 2 is 2.47 bits per heavy atom. The molecule has 0 spiro atoms. The molecule has 1 atom stereocenters. The molecule has 6 heteroatoms. The van der Waals surface area contributed by atoms with Crippen molar-refractivity contribution < 1.29 is 9.53 Å². The van der Waals surface area contributed by atoms with E-state index in [1.807, 2.05) is 0 Å². The van der Waals surface area contributed by atoms with Crippen molar-refractivity contribution in [2.24, 2.45) is 5.73 Å². The van der Waals surface area contributed by atoms with Crippen LogP contribution in [0.3, 0.4) is 0 Å². The summed E-state index contributed by atoms with van der Waals surface area (Å²) in [6, 6.07) is 2.64. The molecule has 94 valence electrons. The lowest BCUT2D eigenvalue weighted by molar-refractivity contribution is -0.117. The maximum atomic E-state index is 11.7. The zero-order chi connectivity index (χ0) is 12.7. The van der Waals surface area contributed by atoms with E-state index in [4.69, 9.17) is 22.1 Å². The minimum Gasteiger partial charge on any atom is -0.385 e. The Kier molecular flexibility index (Phi) is 5.90. The first-order chi connectivity index (χ1) is 8.13. The van der Waals surface area contributed by atoms with Crippen molar-refractivity contribution >= 4 is 23.3 Å². The molecule has 0 saturated heterocycles. The highest BCUT2D eigenvalue weighted by Crippen LogP contribution is 2.12. The fraction of sp³-hybridized carbons (Fsp3) is 0.455. The molecular formula is C11H16ClN3O2. The van der Waals surface area contributed by atoms with Crippen LogP contribution in [-0.4, -0.2) is 30.6 Å². The van der Waals surface area contributed by atoms with Gasteiger partial charge in [-0.25, -0.2) is 4.98 Å². The fourth-order valence-electron chi connectivity index (χ4n) is 1.27. The number of nitrogens with zero attached hydrogens (tertiary/aromatic N) is 1. The lowest BCUT2D eigenvalue weighted by Crippen LogP contribution is -2.35. The summed E-state index contributed by atoms with van der Waals surface area (Å²) >= 11 is 5.77. The van der Waals surface area contributed by atoms with Crippen molar-refractivity contribution in [1.29, 1.82) is 0 Å². The summed E-state index contributed by atoms with van der Waals surface area (Å²) < 4.78 is 4.89. The van der Waals surface area contributed by atoms with Gasteiger partial charge in [-0.1, -0.05) is 11.6 Å². The molecule has 0 aromatic carbocycles. The second-order valence-corrected chi connectivity index (χ2v) is 4.03.